The van der Waals surface area contributed by atoms with E-state index < -0.39 is 0 Å². The molecule has 2 saturated carbocycles. The number of hydrogen-bond acceptors (Lipinski definition) is 2. The van der Waals surface area contributed by atoms with E-state index in [-0.39, 0.29) is 42.0 Å². The van der Waals surface area contributed by atoms with Gasteiger partial charge in [-0.25, -0.2) is 0 Å². The van der Waals surface area contributed by atoms with E-state index in [1.807, 2.05) is 6.07 Å². The fraction of sp³-hybridized carbons (Fsp3) is 0.444. The Hall–Kier alpha value is -1.32. The maximum atomic E-state index is 12.9. The van der Waals surface area contributed by atoms with Crippen LogP contribution in [0.5, 0.6) is 0 Å². The van der Waals surface area contributed by atoms with Crippen LogP contribution in [0.25, 0.3) is 0 Å². The van der Waals surface area contributed by atoms with Crippen molar-refractivity contribution in [1.82, 2.24) is 4.90 Å². The monoisotopic (exact) mass is 347 g/mol. The number of imide groups is 1. The first kappa shape index (κ1) is 14.1. The predicted molar refractivity (Wildman–Crippen MR) is 86.7 cm³/mol. The van der Waals surface area contributed by atoms with Gasteiger partial charge in [-0.3, -0.25) is 14.5 Å². The van der Waals surface area contributed by atoms with Crippen molar-refractivity contribution in [3.63, 3.8) is 0 Å². The van der Waals surface area contributed by atoms with Crippen LogP contribution in [-0.2, 0) is 16.1 Å². The van der Waals surface area contributed by atoms with E-state index in [1.165, 1.54) is 11.3 Å². The number of halogens is 2. The van der Waals surface area contributed by atoms with Crippen LogP contribution in [0.2, 0.25) is 10.0 Å². The van der Waals surface area contributed by atoms with Gasteiger partial charge in [-0.2, -0.15) is 0 Å². The molecule has 6 rings (SSSR count). The summed E-state index contributed by atoms with van der Waals surface area (Å²) in [4.78, 5) is 27.2. The molecule has 1 saturated heterocycles. The van der Waals surface area contributed by atoms with E-state index in [4.69, 9.17) is 23.2 Å². The zero-order valence-corrected chi connectivity index (χ0v) is 13.8. The van der Waals surface area contributed by atoms with Gasteiger partial charge in [0.05, 0.1) is 28.4 Å². The Morgan fingerprint density at radius 3 is 2.13 bits per heavy atom. The number of benzene rings is 1. The van der Waals surface area contributed by atoms with E-state index in [2.05, 4.69) is 12.2 Å². The van der Waals surface area contributed by atoms with Crippen LogP contribution in [0.3, 0.4) is 0 Å². The second kappa shape index (κ2) is 4.61. The van der Waals surface area contributed by atoms with Gasteiger partial charge in [0.1, 0.15) is 0 Å². The lowest BCUT2D eigenvalue weighted by Crippen LogP contribution is -2.40. The lowest BCUT2D eigenvalue weighted by atomic mass is 9.63. The molecule has 6 atom stereocenters. The quantitative estimate of drug-likeness (QED) is 0.606. The van der Waals surface area contributed by atoms with Crippen LogP contribution >= 0.6 is 23.2 Å². The molecular formula is C18H15Cl2NO2. The van der Waals surface area contributed by atoms with Crippen molar-refractivity contribution < 1.29 is 9.59 Å². The van der Waals surface area contributed by atoms with Gasteiger partial charge >= 0.3 is 0 Å². The lowest BCUT2D eigenvalue weighted by Gasteiger charge is -2.37. The molecule has 118 valence electrons. The number of carbonyl (C=O) groups excluding carboxylic acids is 2. The Balaban J connectivity index is 1.46. The maximum absolute atomic E-state index is 12.9. The summed E-state index contributed by atoms with van der Waals surface area (Å²) >= 11 is 12.0. The third-order valence-corrected chi connectivity index (χ3v) is 6.82. The van der Waals surface area contributed by atoms with Crippen LogP contribution in [0.15, 0.2) is 30.4 Å². The first-order valence-electron chi connectivity index (χ1n) is 8.04. The largest absolute Gasteiger partial charge is 0.278 e. The molecule has 23 heavy (non-hydrogen) atoms. The summed E-state index contributed by atoms with van der Waals surface area (Å²) in [6.07, 6.45) is 5.56. The molecule has 5 heteroatoms. The minimum atomic E-state index is -0.135. The summed E-state index contributed by atoms with van der Waals surface area (Å²) in [6.45, 7) is 0.288. The number of rotatable bonds is 2. The highest BCUT2D eigenvalue weighted by atomic mass is 35.5. The van der Waals surface area contributed by atoms with Crippen molar-refractivity contribution >= 4 is 35.0 Å². The minimum absolute atomic E-state index is 0.00391. The van der Waals surface area contributed by atoms with Crippen molar-refractivity contribution in [2.45, 2.75) is 13.0 Å². The Morgan fingerprint density at radius 2 is 1.57 bits per heavy atom. The van der Waals surface area contributed by atoms with E-state index >= 15 is 0 Å². The topological polar surface area (TPSA) is 37.4 Å². The summed E-state index contributed by atoms with van der Waals surface area (Å²) < 4.78 is 0. The smallest absolute Gasteiger partial charge is 0.234 e. The molecule has 1 aliphatic heterocycles. The zero-order chi connectivity index (χ0) is 15.9. The van der Waals surface area contributed by atoms with Gasteiger partial charge in [0.2, 0.25) is 11.8 Å². The Labute approximate surface area is 144 Å². The number of hydrogen-bond donors (Lipinski definition) is 0. The highest BCUT2D eigenvalue weighted by Gasteiger charge is 2.66. The fourth-order valence-electron chi connectivity index (χ4n) is 5.00. The normalized spacial score (nSPS) is 39.7. The summed E-state index contributed by atoms with van der Waals surface area (Å²) in [5.74, 6) is 1.52. The predicted octanol–water partition coefficient (Wildman–Crippen LogP) is 3.55. The molecule has 5 aliphatic rings. The van der Waals surface area contributed by atoms with Gasteiger partial charge in [0.15, 0.2) is 0 Å². The first-order valence-corrected chi connectivity index (χ1v) is 8.79. The third-order valence-electron chi connectivity index (χ3n) is 6.08. The Morgan fingerprint density at radius 1 is 0.957 bits per heavy atom. The average Bonchev–Trinajstić information content (AvgIpc) is 3.32. The van der Waals surface area contributed by atoms with Crippen LogP contribution in [0.4, 0.5) is 0 Å². The van der Waals surface area contributed by atoms with Crippen LogP contribution in [0.1, 0.15) is 12.0 Å². The van der Waals surface area contributed by atoms with E-state index in [0.717, 1.165) is 5.56 Å². The standard InChI is InChI=1S/C18H15Cl2NO2/c19-13-4-1-8(5-14(13)20)7-21-17(22)15-9-2-3-10(12-6-11(9)12)16(15)18(21)23/h1-5,9-12,15-16H,6-7H2/t9-,10-,11-,12+,15-,16+/m0/s1. The molecule has 2 amide bonds. The summed E-state index contributed by atoms with van der Waals surface area (Å²) in [5, 5.41) is 0.925. The van der Waals surface area contributed by atoms with Crippen LogP contribution < -0.4 is 0 Å². The number of amides is 2. The SMILES string of the molecule is O=C1[C@@H]2[C@H]3C=C[C@@H]([C@@H]4C[C@H]34)[C@@H]2C(=O)N1Cc1ccc(Cl)c(Cl)c1. The average molecular weight is 348 g/mol. The van der Waals surface area contributed by atoms with Crippen molar-refractivity contribution in [1.29, 1.82) is 0 Å². The molecule has 4 aliphatic carbocycles. The lowest BCUT2D eigenvalue weighted by molar-refractivity contribution is -0.140. The van der Waals surface area contributed by atoms with Crippen LogP contribution in [0, 0.1) is 35.5 Å². The number of likely N-dealkylation sites (tertiary alicyclic amines) is 1. The van der Waals surface area contributed by atoms with Gasteiger partial charge < -0.3 is 0 Å². The second-order valence-corrected chi connectivity index (χ2v) is 7.98. The molecule has 0 N–H and O–H groups in total. The summed E-state index contributed by atoms with van der Waals surface area (Å²) in [6, 6.07) is 5.26. The van der Waals surface area contributed by atoms with Gasteiger partial charge in [-0.1, -0.05) is 41.4 Å². The molecule has 3 nitrogen and oxygen atoms in total. The molecule has 3 fully saturated rings. The number of carbonyl (C=O) groups is 2. The van der Waals surface area contributed by atoms with Gasteiger partial charge in [-0.15, -0.1) is 0 Å². The van der Waals surface area contributed by atoms with E-state index in [0.29, 0.717) is 21.9 Å². The van der Waals surface area contributed by atoms with E-state index in [9.17, 15) is 9.59 Å². The summed E-state index contributed by atoms with van der Waals surface area (Å²) in [7, 11) is 0. The van der Waals surface area contributed by atoms with Crippen LogP contribution in [-0.4, -0.2) is 16.7 Å². The molecule has 0 spiro atoms. The number of allylic oxidation sites excluding steroid dienone is 2. The number of nitrogens with zero attached hydrogens (tertiary/aromatic N) is 1. The molecule has 1 aromatic rings. The molecule has 2 bridgehead atoms. The molecule has 1 heterocycles. The van der Waals surface area contributed by atoms with Crippen molar-refractivity contribution in [2.75, 3.05) is 0 Å². The third kappa shape index (κ3) is 1.84. The highest BCUT2D eigenvalue weighted by molar-refractivity contribution is 6.42. The van der Waals surface area contributed by atoms with Gasteiger partial charge in [-0.05, 0) is 47.8 Å². The maximum Gasteiger partial charge on any atom is 0.234 e. The van der Waals surface area contributed by atoms with Crippen molar-refractivity contribution in [2.24, 2.45) is 35.5 Å². The molecule has 0 unspecified atom stereocenters. The zero-order valence-electron chi connectivity index (χ0n) is 12.3. The van der Waals surface area contributed by atoms with Gasteiger partial charge in [0, 0.05) is 0 Å². The second-order valence-electron chi connectivity index (χ2n) is 7.17. The fourth-order valence-corrected chi connectivity index (χ4v) is 5.32. The minimum Gasteiger partial charge on any atom is -0.278 e. The highest BCUT2D eigenvalue weighted by Crippen LogP contribution is 2.65. The Kier molecular flexibility index (Phi) is 2.82. The van der Waals surface area contributed by atoms with Gasteiger partial charge in [0.25, 0.3) is 0 Å². The van der Waals surface area contributed by atoms with Crippen molar-refractivity contribution in [3.05, 3.63) is 46.0 Å². The Bertz CT molecular complexity index is 738. The van der Waals surface area contributed by atoms with E-state index in [1.54, 1.807) is 12.1 Å². The molecule has 0 radical (unpaired) electrons. The molecular weight excluding hydrogens is 333 g/mol. The molecule has 1 aromatic carbocycles. The van der Waals surface area contributed by atoms with Crippen molar-refractivity contribution in [3.8, 4) is 0 Å². The first-order chi connectivity index (χ1) is 11.1. The summed E-state index contributed by atoms with van der Waals surface area (Å²) in [5.41, 5.74) is 0.838. The molecule has 0 aromatic heterocycles.